The Morgan fingerprint density at radius 2 is 2.00 bits per heavy atom. The summed E-state index contributed by atoms with van der Waals surface area (Å²) in [5.41, 5.74) is 0.222. The third kappa shape index (κ3) is 4.49. The summed E-state index contributed by atoms with van der Waals surface area (Å²) in [5.74, 6) is 0.396. The van der Waals surface area contributed by atoms with Crippen LogP contribution in [0.3, 0.4) is 0 Å². The maximum atomic E-state index is 14.4. The smallest absolute Gasteiger partial charge is 0.264 e. The molecule has 0 radical (unpaired) electrons. The molecular formula is C31H39ClN2O5Si. The summed E-state index contributed by atoms with van der Waals surface area (Å²) >= 11 is 6.50. The zero-order valence-electron chi connectivity index (χ0n) is 23.7. The fraction of sp³-hybridized carbons (Fsp3) is 0.484. The molecule has 0 bridgehead atoms. The number of hydrogen-bond acceptors (Lipinski definition) is 5. The van der Waals surface area contributed by atoms with Crippen LogP contribution in [0.25, 0.3) is 0 Å². The average molecular weight is 583 g/mol. The van der Waals surface area contributed by atoms with E-state index in [1.165, 1.54) is 5.19 Å². The topological polar surface area (TPSA) is 79.3 Å². The molecule has 1 spiro atoms. The number of carbonyl (C=O) groups is 2. The van der Waals surface area contributed by atoms with Crippen molar-refractivity contribution in [3.05, 3.63) is 65.7 Å². The molecule has 2 amide bonds. The maximum Gasteiger partial charge on any atom is 0.264 e. The quantitative estimate of drug-likeness (QED) is 0.367. The number of ether oxygens (including phenoxy) is 2. The molecule has 3 aliphatic rings. The van der Waals surface area contributed by atoms with E-state index in [9.17, 15) is 14.7 Å². The van der Waals surface area contributed by atoms with Crippen LogP contribution in [0.2, 0.25) is 23.7 Å². The van der Waals surface area contributed by atoms with Crippen molar-refractivity contribution in [1.29, 1.82) is 0 Å². The molecule has 214 valence electrons. The first kappa shape index (κ1) is 28.9. The molecule has 0 aromatic heterocycles. The van der Waals surface area contributed by atoms with Crippen molar-refractivity contribution in [3.8, 4) is 5.75 Å². The van der Waals surface area contributed by atoms with Crippen molar-refractivity contribution in [1.82, 2.24) is 4.90 Å². The molecule has 0 aliphatic carbocycles. The molecule has 9 heteroatoms. The van der Waals surface area contributed by atoms with Gasteiger partial charge >= 0.3 is 0 Å². The lowest BCUT2D eigenvalue weighted by molar-refractivity contribution is -0.149. The maximum absolute atomic E-state index is 14.4. The van der Waals surface area contributed by atoms with Gasteiger partial charge in [0.2, 0.25) is 5.91 Å². The van der Waals surface area contributed by atoms with E-state index in [4.69, 9.17) is 21.1 Å². The number of anilines is 1. The van der Waals surface area contributed by atoms with Crippen LogP contribution in [0.5, 0.6) is 5.75 Å². The molecule has 5 atom stereocenters. The largest absolute Gasteiger partial charge is 0.497 e. The second-order valence-electron chi connectivity index (χ2n) is 11.8. The van der Waals surface area contributed by atoms with E-state index < -0.39 is 19.8 Å². The number of hydrogen-bond donors (Lipinski definition) is 1. The highest BCUT2D eigenvalue weighted by Gasteiger charge is 2.66. The number of carbonyl (C=O) groups excluding carboxylic acids is 2. The number of methoxy groups -OCH3 is 1. The van der Waals surface area contributed by atoms with Gasteiger partial charge in [0.05, 0.1) is 46.0 Å². The lowest BCUT2D eigenvalue weighted by atomic mass is 9.82. The molecule has 0 saturated carbocycles. The molecule has 3 aliphatic heterocycles. The molecule has 7 nitrogen and oxygen atoms in total. The lowest BCUT2D eigenvalue weighted by Gasteiger charge is -2.37. The first-order chi connectivity index (χ1) is 19.1. The summed E-state index contributed by atoms with van der Waals surface area (Å²) in [4.78, 5) is 31.6. The number of nitrogens with zero attached hydrogens (tertiary/aromatic N) is 2. The van der Waals surface area contributed by atoms with Gasteiger partial charge in [0.25, 0.3) is 5.91 Å². The number of rotatable bonds is 8. The van der Waals surface area contributed by atoms with Crippen LogP contribution in [-0.2, 0) is 19.9 Å². The molecule has 0 unspecified atom stereocenters. The van der Waals surface area contributed by atoms with E-state index >= 15 is 0 Å². The van der Waals surface area contributed by atoms with Crippen LogP contribution in [-0.4, -0.2) is 68.8 Å². The lowest BCUT2D eigenvalue weighted by Crippen LogP contribution is -2.52. The van der Waals surface area contributed by atoms with Gasteiger partial charge in [-0.05, 0) is 48.7 Å². The Labute approximate surface area is 242 Å². The highest BCUT2D eigenvalue weighted by atomic mass is 35.5. The zero-order chi connectivity index (χ0) is 28.8. The molecular weight excluding hydrogens is 544 g/mol. The van der Waals surface area contributed by atoms with Gasteiger partial charge in [-0.3, -0.25) is 9.59 Å². The number of amides is 2. The predicted octanol–water partition coefficient (Wildman–Crippen LogP) is 4.47. The highest BCUT2D eigenvalue weighted by Crippen LogP contribution is 2.60. The van der Waals surface area contributed by atoms with Gasteiger partial charge in [-0.2, -0.15) is 0 Å². The highest BCUT2D eigenvalue weighted by molar-refractivity contribution is 6.91. The second-order valence-corrected chi connectivity index (χ2v) is 16.9. The number of aliphatic hydroxyl groups excluding tert-OH is 1. The van der Waals surface area contributed by atoms with Gasteiger partial charge in [-0.1, -0.05) is 55.0 Å². The van der Waals surface area contributed by atoms with Gasteiger partial charge in [0, 0.05) is 29.6 Å². The van der Waals surface area contributed by atoms with Gasteiger partial charge < -0.3 is 24.4 Å². The third-order valence-corrected chi connectivity index (χ3v) is 14.0. The van der Waals surface area contributed by atoms with Crippen molar-refractivity contribution in [2.75, 3.05) is 31.7 Å². The Morgan fingerprint density at radius 1 is 1.27 bits per heavy atom. The van der Waals surface area contributed by atoms with Crippen LogP contribution in [0, 0.1) is 5.92 Å². The number of aliphatic hydroxyl groups is 1. The van der Waals surface area contributed by atoms with Crippen LogP contribution in [0.1, 0.15) is 31.7 Å². The van der Waals surface area contributed by atoms with E-state index in [-0.39, 0.29) is 42.3 Å². The van der Waals surface area contributed by atoms with E-state index in [2.05, 4.69) is 38.7 Å². The van der Waals surface area contributed by atoms with Gasteiger partial charge in [0.1, 0.15) is 5.75 Å². The summed E-state index contributed by atoms with van der Waals surface area (Å²) in [5, 5.41) is 11.6. The molecule has 2 aromatic carbocycles. The predicted molar refractivity (Wildman–Crippen MR) is 160 cm³/mol. The van der Waals surface area contributed by atoms with Crippen molar-refractivity contribution < 1.29 is 24.2 Å². The van der Waals surface area contributed by atoms with E-state index in [0.717, 1.165) is 29.8 Å². The molecule has 40 heavy (non-hydrogen) atoms. The van der Waals surface area contributed by atoms with Crippen molar-refractivity contribution in [2.45, 2.75) is 62.6 Å². The van der Waals surface area contributed by atoms with Crippen molar-refractivity contribution >= 4 is 42.4 Å². The SMILES string of the molecule is C=CCN1C(=O)[C@]2(O[C@H](CC(=O)N3CCC[C@H]3CO)[C@@H]([Si](C)(C)c3ccc(OC)cc3)[C@@H]2C)c2cc(Cl)ccc21. The van der Waals surface area contributed by atoms with Gasteiger partial charge in [0.15, 0.2) is 5.60 Å². The van der Waals surface area contributed by atoms with Crippen LogP contribution in [0.15, 0.2) is 55.1 Å². The Balaban J connectivity index is 1.61. The third-order valence-electron chi connectivity index (χ3n) is 9.39. The molecule has 1 N–H and O–H groups in total. The minimum absolute atomic E-state index is 0.0324. The first-order valence-corrected chi connectivity index (χ1v) is 17.5. The van der Waals surface area contributed by atoms with Crippen LogP contribution < -0.4 is 14.8 Å². The van der Waals surface area contributed by atoms with Gasteiger partial charge in [-0.25, -0.2) is 0 Å². The average Bonchev–Trinajstić information content (AvgIpc) is 3.60. The van der Waals surface area contributed by atoms with Crippen molar-refractivity contribution in [2.24, 2.45) is 5.92 Å². The molecule has 2 saturated heterocycles. The molecule has 2 aromatic rings. The summed E-state index contributed by atoms with van der Waals surface area (Å²) in [6.45, 7) is 11.5. The Morgan fingerprint density at radius 3 is 2.65 bits per heavy atom. The Hall–Kier alpha value is -2.65. The fourth-order valence-electron chi connectivity index (χ4n) is 7.44. The van der Waals surface area contributed by atoms with Crippen molar-refractivity contribution in [3.63, 3.8) is 0 Å². The normalized spacial score (nSPS) is 27.9. The number of fused-ring (bicyclic) bond motifs is 2. The molecule has 2 fully saturated rings. The molecule has 5 rings (SSSR count). The molecule has 3 heterocycles. The fourth-order valence-corrected chi connectivity index (χ4v) is 11.6. The second kappa shape index (κ2) is 11.0. The first-order valence-electron chi connectivity index (χ1n) is 14.1. The van der Waals surface area contributed by atoms with E-state index in [0.29, 0.717) is 18.1 Å². The van der Waals surface area contributed by atoms with Crippen LogP contribution >= 0.6 is 11.6 Å². The number of benzene rings is 2. The van der Waals surface area contributed by atoms with Crippen LogP contribution in [0.4, 0.5) is 5.69 Å². The summed E-state index contributed by atoms with van der Waals surface area (Å²) < 4.78 is 12.4. The standard InChI is InChI=1S/C31H39ClN2O5Si/c1-6-15-34-26-14-9-21(32)17-25(26)31(30(34)37)20(2)29(40(4,5)24-12-10-23(38-3)11-13-24)27(39-31)18-28(36)33-16-7-8-22(33)19-35/h6,9-14,17,20,22,27,29,35H,1,7-8,15-16,18-19H2,2-5H3/t20-,22-,27+,29-,31+/m0/s1. The summed E-state index contributed by atoms with van der Waals surface area (Å²) in [7, 11) is -0.713. The Bertz CT molecular complexity index is 1300. The minimum Gasteiger partial charge on any atom is -0.497 e. The summed E-state index contributed by atoms with van der Waals surface area (Å²) in [6.07, 6.45) is 3.06. The van der Waals surface area contributed by atoms with E-state index in [1.807, 2.05) is 24.3 Å². The van der Waals surface area contributed by atoms with Gasteiger partial charge in [-0.15, -0.1) is 6.58 Å². The number of halogens is 1. The minimum atomic E-state index is -2.36. The Kier molecular flexibility index (Phi) is 7.91. The monoisotopic (exact) mass is 582 g/mol. The van der Waals surface area contributed by atoms with E-state index in [1.54, 1.807) is 29.1 Å². The number of likely N-dealkylation sites (tertiary alicyclic amines) is 1. The summed E-state index contributed by atoms with van der Waals surface area (Å²) in [6, 6.07) is 13.5. The zero-order valence-corrected chi connectivity index (χ0v) is 25.5.